The molecule has 0 aromatic carbocycles. The number of nitrogens with two attached hydrogens (primary N) is 1. The molecule has 0 bridgehead atoms. The minimum atomic E-state index is -0.108. The number of nitrogens with zero attached hydrogens (tertiary/aromatic N) is 1. The molecule has 15 heavy (non-hydrogen) atoms. The highest BCUT2D eigenvalue weighted by molar-refractivity contribution is 5.92. The minimum absolute atomic E-state index is 0.108. The van der Waals surface area contributed by atoms with Gasteiger partial charge in [0.25, 0.3) is 5.91 Å². The average Bonchev–Trinajstić information content (AvgIpc) is 2.23. The van der Waals surface area contributed by atoms with Crippen LogP contribution in [0.4, 0.5) is 5.69 Å². The second-order valence-corrected chi connectivity index (χ2v) is 3.68. The second-order valence-electron chi connectivity index (χ2n) is 3.68. The number of nitrogens with one attached hydrogen (secondary N) is 2. The van der Waals surface area contributed by atoms with E-state index in [0.29, 0.717) is 17.4 Å². The van der Waals surface area contributed by atoms with Crippen LogP contribution >= 0.6 is 0 Å². The Kier molecular flexibility index (Phi) is 2.82. The molecule has 1 aliphatic carbocycles. The van der Waals surface area contributed by atoms with Crippen LogP contribution in [0.15, 0.2) is 18.3 Å². The van der Waals surface area contributed by atoms with Crippen LogP contribution < -0.4 is 16.6 Å². The molecule has 80 valence electrons. The van der Waals surface area contributed by atoms with Crippen molar-refractivity contribution in [1.29, 1.82) is 0 Å². The molecule has 2 rings (SSSR count). The van der Waals surface area contributed by atoms with Crippen LogP contribution in [0.1, 0.15) is 29.8 Å². The van der Waals surface area contributed by atoms with Crippen LogP contribution in [0.25, 0.3) is 0 Å². The van der Waals surface area contributed by atoms with E-state index in [0.717, 1.165) is 12.8 Å². The fourth-order valence-electron chi connectivity index (χ4n) is 1.43. The summed E-state index contributed by atoms with van der Waals surface area (Å²) in [6.07, 6.45) is 4.90. The minimum Gasteiger partial charge on any atom is -0.348 e. The molecule has 1 saturated carbocycles. The summed E-state index contributed by atoms with van der Waals surface area (Å²) in [5.74, 6) is 5.09. The van der Waals surface area contributed by atoms with Crippen molar-refractivity contribution in [3.8, 4) is 0 Å². The standard InChI is InChI=1S/C10H14N4O/c11-14-8-4-5-9(12-6-8)10(15)13-7-2-1-3-7/h4-7,14H,1-3,11H2,(H,13,15). The van der Waals surface area contributed by atoms with Crippen LogP contribution in [0.5, 0.6) is 0 Å². The molecular weight excluding hydrogens is 192 g/mol. The molecule has 0 unspecified atom stereocenters. The molecule has 0 radical (unpaired) electrons. The molecule has 5 heteroatoms. The van der Waals surface area contributed by atoms with Crippen molar-refractivity contribution in [3.05, 3.63) is 24.0 Å². The molecule has 0 aliphatic heterocycles. The fraction of sp³-hybridized carbons (Fsp3) is 0.400. The molecule has 0 saturated heterocycles. The van der Waals surface area contributed by atoms with Gasteiger partial charge in [0.2, 0.25) is 0 Å². The molecule has 1 amide bonds. The van der Waals surface area contributed by atoms with Crippen LogP contribution in [0.2, 0.25) is 0 Å². The topological polar surface area (TPSA) is 80.0 Å². The zero-order valence-corrected chi connectivity index (χ0v) is 8.36. The first-order chi connectivity index (χ1) is 7.29. The molecule has 4 N–H and O–H groups in total. The Morgan fingerprint density at radius 2 is 2.27 bits per heavy atom. The Hall–Kier alpha value is -1.62. The third-order valence-electron chi connectivity index (χ3n) is 2.60. The van der Waals surface area contributed by atoms with E-state index in [1.54, 1.807) is 12.1 Å². The summed E-state index contributed by atoms with van der Waals surface area (Å²) in [4.78, 5) is 15.6. The molecule has 0 atom stereocenters. The van der Waals surface area contributed by atoms with E-state index in [1.807, 2.05) is 0 Å². The third kappa shape index (κ3) is 2.24. The summed E-state index contributed by atoms with van der Waals surface area (Å²) >= 11 is 0. The maximum absolute atomic E-state index is 11.6. The van der Waals surface area contributed by atoms with Crippen molar-refractivity contribution in [2.45, 2.75) is 25.3 Å². The molecular formula is C10H14N4O. The summed E-state index contributed by atoms with van der Waals surface area (Å²) < 4.78 is 0. The Labute approximate surface area is 88.0 Å². The Morgan fingerprint density at radius 3 is 2.73 bits per heavy atom. The molecule has 0 spiro atoms. The van der Waals surface area contributed by atoms with Crippen LogP contribution in [0.3, 0.4) is 0 Å². The first-order valence-corrected chi connectivity index (χ1v) is 5.03. The van der Waals surface area contributed by atoms with Gasteiger partial charge in [-0.1, -0.05) is 0 Å². The van der Waals surface area contributed by atoms with Gasteiger partial charge in [-0.15, -0.1) is 0 Å². The van der Waals surface area contributed by atoms with E-state index < -0.39 is 0 Å². The maximum atomic E-state index is 11.6. The van der Waals surface area contributed by atoms with Crippen molar-refractivity contribution in [2.75, 3.05) is 5.43 Å². The van der Waals surface area contributed by atoms with Crippen LogP contribution in [-0.4, -0.2) is 16.9 Å². The van der Waals surface area contributed by atoms with E-state index in [4.69, 9.17) is 5.84 Å². The Bertz CT molecular complexity index is 345. The molecule has 1 fully saturated rings. The van der Waals surface area contributed by atoms with Crippen molar-refractivity contribution >= 4 is 11.6 Å². The van der Waals surface area contributed by atoms with E-state index in [-0.39, 0.29) is 5.91 Å². The molecule has 5 nitrogen and oxygen atoms in total. The normalized spacial score (nSPS) is 15.5. The first-order valence-electron chi connectivity index (χ1n) is 5.03. The van der Waals surface area contributed by atoms with Crippen molar-refractivity contribution in [1.82, 2.24) is 10.3 Å². The number of hydrogen-bond acceptors (Lipinski definition) is 4. The smallest absolute Gasteiger partial charge is 0.270 e. The summed E-state index contributed by atoms with van der Waals surface area (Å²) in [5, 5.41) is 2.92. The number of carbonyl (C=O) groups excluding carboxylic acids is 1. The van der Waals surface area contributed by atoms with E-state index in [9.17, 15) is 4.79 Å². The van der Waals surface area contributed by atoms with Gasteiger partial charge in [0.05, 0.1) is 11.9 Å². The van der Waals surface area contributed by atoms with Gasteiger partial charge in [-0.2, -0.15) is 0 Å². The monoisotopic (exact) mass is 206 g/mol. The third-order valence-corrected chi connectivity index (χ3v) is 2.60. The first kappa shape index (κ1) is 9.92. The van der Waals surface area contributed by atoms with Gasteiger partial charge in [0.15, 0.2) is 0 Å². The number of amides is 1. The maximum Gasteiger partial charge on any atom is 0.270 e. The van der Waals surface area contributed by atoms with Crippen LogP contribution in [-0.2, 0) is 0 Å². The molecule has 1 heterocycles. The Balaban J connectivity index is 1.98. The van der Waals surface area contributed by atoms with Crippen molar-refractivity contribution < 1.29 is 4.79 Å². The number of hydrogen-bond donors (Lipinski definition) is 3. The lowest BCUT2D eigenvalue weighted by Crippen LogP contribution is -2.39. The van der Waals surface area contributed by atoms with Crippen molar-refractivity contribution in [2.24, 2.45) is 5.84 Å². The molecule has 1 aromatic rings. The van der Waals surface area contributed by atoms with Gasteiger partial charge in [-0.3, -0.25) is 10.6 Å². The summed E-state index contributed by atoms with van der Waals surface area (Å²) in [6.45, 7) is 0. The second kappa shape index (κ2) is 4.27. The number of hydrazine groups is 1. The summed E-state index contributed by atoms with van der Waals surface area (Å²) in [6, 6.07) is 3.72. The predicted molar refractivity (Wildman–Crippen MR) is 57.2 cm³/mol. The number of nitrogen functional groups attached to an aromatic ring is 1. The van der Waals surface area contributed by atoms with Gasteiger partial charge in [0.1, 0.15) is 5.69 Å². The van der Waals surface area contributed by atoms with E-state index in [2.05, 4.69) is 15.7 Å². The Morgan fingerprint density at radius 1 is 1.47 bits per heavy atom. The highest BCUT2D eigenvalue weighted by Crippen LogP contribution is 2.18. The van der Waals surface area contributed by atoms with Gasteiger partial charge in [-0.05, 0) is 31.4 Å². The van der Waals surface area contributed by atoms with Crippen LogP contribution in [0, 0.1) is 0 Å². The number of aromatic nitrogens is 1. The molecule has 1 aromatic heterocycles. The lowest BCUT2D eigenvalue weighted by molar-refractivity contribution is 0.0912. The van der Waals surface area contributed by atoms with Gasteiger partial charge < -0.3 is 10.7 Å². The zero-order valence-electron chi connectivity index (χ0n) is 8.36. The summed E-state index contributed by atoms with van der Waals surface area (Å²) in [5.41, 5.74) is 3.58. The summed E-state index contributed by atoms with van der Waals surface area (Å²) in [7, 11) is 0. The van der Waals surface area contributed by atoms with Gasteiger partial charge in [0, 0.05) is 6.04 Å². The SMILES string of the molecule is NNc1ccc(C(=O)NC2CCC2)nc1. The van der Waals surface area contributed by atoms with E-state index in [1.165, 1.54) is 12.6 Å². The van der Waals surface area contributed by atoms with Gasteiger partial charge >= 0.3 is 0 Å². The number of rotatable bonds is 3. The lowest BCUT2D eigenvalue weighted by Gasteiger charge is -2.26. The van der Waals surface area contributed by atoms with Gasteiger partial charge in [-0.25, -0.2) is 4.98 Å². The zero-order chi connectivity index (χ0) is 10.7. The number of anilines is 1. The lowest BCUT2D eigenvalue weighted by atomic mass is 9.93. The van der Waals surface area contributed by atoms with Crippen molar-refractivity contribution in [3.63, 3.8) is 0 Å². The quantitative estimate of drug-likeness (QED) is 0.501. The number of carbonyl (C=O) groups is 1. The van der Waals surface area contributed by atoms with E-state index >= 15 is 0 Å². The number of pyridine rings is 1. The highest BCUT2D eigenvalue weighted by atomic mass is 16.1. The fourth-order valence-corrected chi connectivity index (χ4v) is 1.43. The average molecular weight is 206 g/mol. The molecule has 1 aliphatic rings. The largest absolute Gasteiger partial charge is 0.348 e. The predicted octanol–water partition coefficient (Wildman–Crippen LogP) is 0.649. The highest BCUT2D eigenvalue weighted by Gasteiger charge is 2.20.